The van der Waals surface area contributed by atoms with E-state index in [1.807, 2.05) is 55.9 Å². The zero-order valence-corrected chi connectivity index (χ0v) is 23.8. The monoisotopic (exact) mass is 556 g/mol. The third-order valence-corrected chi connectivity index (χ3v) is 7.29. The molecule has 0 unspecified atom stereocenters. The number of aromatic nitrogens is 2. The number of likely N-dealkylation sites (tertiary alicyclic amines) is 1. The molecule has 9 heteroatoms. The topological polar surface area (TPSA) is 91.0 Å². The number of amides is 1. The molecule has 41 heavy (non-hydrogen) atoms. The molecule has 1 N–H and O–H groups in total. The highest BCUT2D eigenvalue weighted by Crippen LogP contribution is 2.35. The molecule has 0 radical (unpaired) electrons. The number of nitrogens with zero attached hydrogens (tertiary/aromatic N) is 3. The average Bonchev–Trinajstić information content (AvgIpc) is 3.63. The number of alkyl carbamates (subject to hydrolysis) is 1. The van der Waals surface area contributed by atoms with Crippen LogP contribution in [-0.2, 0) is 11.3 Å². The van der Waals surface area contributed by atoms with E-state index >= 15 is 0 Å². The number of benzene rings is 2. The SMILES string of the molecule is CC(C)(C)OC(=O)NC1CCN(Cc2cnn(-c3ccc(-c4ccc5c(c4)OCCO5)cc3)c2-c2ccco2)CC1. The number of furan rings is 1. The van der Waals surface area contributed by atoms with Gasteiger partial charge in [-0.2, -0.15) is 5.10 Å². The van der Waals surface area contributed by atoms with Crippen molar-refractivity contribution in [2.45, 2.75) is 51.8 Å². The second-order valence-corrected chi connectivity index (χ2v) is 11.5. The Morgan fingerprint density at radius 2 is 1.73 bits per heavy atom. The van der Waals surface area contributed by atoms with Crippen molar-refractivity contribution in [3.63, 3.8) is 0 Å². The molecule has 1 amide bonds. The second kappa shape index (κ2) is 11.3. The van der Waals surface area contributed by atoms with Gasteiger partial charge in [0.05, 0.1) is 18.1 Å². The van der Waals surface area contributed by atoms with E-state index in [4.69, 9.17) is 23.7 Å². The van der Waals surface area contributed by atoms with Crippen LogP contribution in [0.2, 0.25) is 0 Å². The Morgan fingerprint density at radius 3 is 2.44 bits per heavy atom. The van der Waals surface area contributed by atoms with Gasteiger partial charge in [0, 0.05) is 31.2 Å². The van der Waals surface area contributed by atoms with Gasteiger partial charge in [0.25, 0.3) is 0 Å². The van der Waals surface area contributed by atoms with Crippen LogP contribution in [0.1, 0.15) is 39.2 Å². The van der Waals surface area contributed by atoms with Gasteiger partial charge in [-0.25, -0.2) is 9.48 Å². The molecule has 9 nitrogen and oxygen atoms in total. The van der Waals surface area contributed by atoms with Crippen LogP contribution in [0.4, 0.5) is 4.79 Å². The van der Waals surface area contributed by atoms with Crippen molar-refractivity contribution in [2.75, 3.05) is 26.3 Å². The Bertz CT molecular complexity index is 1480. The third-order valence-electron chi connectivity index (χ3n) is 7.29. The lowest BCUT2D eigenvalue weighted by Crippen LogP contribution is -2.45. The normalized spacial score (nSPS) is 16.0. The number of ether oxygens (including phenoxy) is 3. The van der Waals surface area contributed by atoms with Crippen molar-refractivity contribution >= 4 is 6.09 Å². The summed E-state index contributed by atoms with van der Waals surface area (Å²) < 4.78 is 24.6. The second-order valence-electron chi connectivity index (χ2n) is 11.5. The fourth-order valence-electron chi connectivity index (χ4n) is 5.34. The Kier molecular flexibility index (Phi) is 7.45. The highest BCUT2D eigenvalue weighted by atomic mass is 16.6. The first kappa shape index (κ1) is 27.0. The van der Waals surface area contributed by atoms with Crippen LogP contribution in [0.3, 0.4) is 0 Å². The molecule has 2 aliphatic rings. The molecule has 0 bridgehead atoms. The number of fused-ring (bicyclic) bond motifs is 1. The molecule has 4 heterocycles. The Hall–Kier alpha value is -4.24. The predicted molar refractivity (Wildman–Crippen MR) is 155 cm³/mol. The molecule has 0 aliphatic carbocycles. The lowest BCUT2D eigenvalue weighted by atomic mass is 10.0. The van der Waals surface area contributed by atoms with Crippen molar-refractivity contribution in [3.8, 4) is 39.8 Å². The van der Waals surface area contributed by atoms with Gasteiger partial charge >= 0.3 is 6.09 Å². The van der Waals surface area contributed by atoms with E-state index in [1.54, 1.807) is 6.26 Å². The zero-order valence-electron chi connectivity index (χ0n) is 23.8. The van der Waals surface area contributed by atoms with Gasteiger partial charge in [0.1, 0.15) is 24.5 Å². The standard InChI is InChI=1S/C32H36N4O5/c1-32(2,3)41-31(37)34-25-12-14-35(15-13-25)21-24-20-33-36(30(24)28-5-4-16-38-28)26-9-6-22(7-10-26)23-8-11-27-29(19-23)40-18-17-39-27/h4-11,16,19-20,25H,12-15,17-18,21H2,1-3H3,(H,34,37). The highest BCUT2D eigenvalue weighted by Gasteiger charge is 2.25. The number of carbonyl (C=O) groups excluding carboxylic acids is 1. The smallest absolute Gasteiger partial charge is 0.407 e. The summed E-state index contributed by atoms with van der Waals surface area (Å²) in [5.74, 6) is 2.33. The average molecular weight is 557 g/mol. The third kappa shape index (κ3) is 6.25. The van der Waals surface area contributed by atoms with Crippen LogP contribution in [0.5, 0.6) is 11.5 Å². The molecular weight excluding hydrogens is 520 g/mol. The Morgan fingerprint density at radius 1 is 1.00 bits per heavy atom. The molecule has 1 fully saturated rings. The molecule has 0 spiro atoms. The number of nitrogens with one attached hydrogen (secondary N) is 1. The molecule has 0 atom stereocenters. The summed E-state index contributed by atoms with van der Waals surface area (Å²) in [7, 11) is 0. The van der Waals surface area contributed by atoms with E-state index in [2.05, 4.69) is 40.5 Å². The van der Waals surface area contributed by atoms with Gasteiger partial charge in [-0.3, -0.25) is 4.90 Å². The fourth-order valence-corrected chi connectivity index (χ4v) is 5.34. The number of piperidine rings is 1. The molecule has 6 rings (SSSR count). The number of carbonyl (C=O) groups is 1. The van der Waals surface area contributed by atoms with Crippen molar-refractivity contribution in [3.05, 3.63) is 72.6 Å². The van der Waals surface area contributed by atoms with Crippen LogP contribution in [0.25, 0.3) is 28.3 Å². The first-order chi connectivity index (χ1) is 19.8. The lowest BCUT2D eigenvalue weighted by molar-refractivity contribution is 0.0477. The summed E-state index contributed by atoms with van der Waals surface area (Å²) in [5, 5.41) is 7.79. The summed E-state index contributed by atoms with van der Waals surface area (Å²) in [6.45, 7) is 9.25. The van der Waals surface area contributed by atoms with Crippen LogP contribution >= 0.6 is 0 Å². The van der Waals surface area contributed by atoms with E-state index in [-0.39, 0.29) is 12.1 Å². The van der Waals surface area contributed by atoms with Crippen molar-refractivity contribution in [2.24, 2.45) is 0 Å². The first-order valence-electron chi connectivity index (χ1n) is 14.2. The Labute approximate surface area is 240 Å². The van der Waals surface area contributed by atoms with Crippen molar-refractivity contribution < 1.29 is 23.4 Å². The van der Waals surface area contributed by atoms with Gasteiger partial charge in [-0.05, 0) is 81.1 Å². The Balaban J connectivity index is 1.17. The van der Waals surface area contributed by atoms with Crippen LogP contribution in [0, 0.1) is 0 Å². The number of rotatable bonds is 6. The molecule has 2 aromatic carbocycles. The summed E-state index contributed by atoms with van der Waals surface area (Å²) in [5.41, 5.74) is 4.63. The summed E-state index contributed by atoms with van der Waals surface area (Å²) in [6, 6.07) is 18.3. The minimum absolute atomic E-state index is 0.112. The molecule has 4 aromatic rings. The summed E-state index contributed by atoms with van der Waals surface area (Å²) in [6.07, 6.45) is 5.00. The zero-order chi connectivity index (χ0) is 28.4. The minimum Gasteiger partial charge on any atom is -0.486 e. The van der Waals surface area contributed by atoms with Crippen molar-refractivity contribution in [1.82, 2.24) is 20.0 Å². The van der Waals surface area contributed by atoms with Crippen LogP contribution in [-0.4, -0.2) is 58.7 Å². The quantitative estimate of drug-likeness (QED) is 0.309. The molecule has 214 valence electrons. The van der Waals surface area contributed by atoms with E-state index < -0.39 is 5.60 Å². The molecule has 1 saturated heterocycles. The fraction of sp³-hybridized carbons (Fsp3) is 0.375. The molecular formula is C32H36N4O5. The van der Waals surface area contributed by atoms with E-state index in [0.717, 1.165) is 77.8 Å². The highest BCUT2D eigenvalue weighted by molar-refractivity contribution is 5.69. The number of hydrogen-bond donors (Lipinski definition) is 1. The van der Waals surface area contributed by atoms with Gasteiger partial charge in [-0.15, -0.1) is 0 Å². The van der Waals surface area contributed by atoms with Gasteiger partial charge in [0.15, 0.2) is 17.3 Å². The maximum atomic E-state index is 12.2. The van der Waals surface area contributed by atoms with E-state index in [0.29, 0.717) is 13.2 Å². The van der Waals surface area contributed by atoms with Crippen molar-refractivity contribution in [1.29, 1.82) is 0 Å². The molecule has 2 aromatic heterocycles. The van der Waals surface area contributed by atoms with Gasteiger partial charge in [0.2, 0.25) is 0 Å². The van der Waals surface area contributed by atoms with E-state index in [9.17, 15) is 4.79 Å². The first-order valence-corrected chi connectivity index (χ1v) is 14.2. The lowest BCUT2D eigenvalue weighted by Gasteiger charge is -2.32. The predicted octanol–water partition coefficient (Wildman–Crippen LogP) is 6.06. The van der Waals surface area contributed by atoms with Crippen LogP contribution < -0.4 is 14.8 Å². The maximum absolute atomic E-state index is 12.2. The summed E-state index contributed by atoms with van der Waals surface area (Å²) in [4.78, 5) is 14.6. The largest absolute Gasteiger partial charge is 0.486 e. The van der Waals surface area contributed by atoms with E-state index in [1.165, 1.54) is 0 Å². The summed E-state index contributed by atoms with van der Waals surface area (Å²) >= 11 is 0. The van der Waals surface area contributed by atoms with Gasteiger partial charge in [-0.1, -0.05) is 18.2 Å². The molecule has 2 aliphatic heterocycles. The number of hydrogen-bond acceptors (Lipinski definition) is 7. The minimum atomic E-state index is -0.501. The van der Waals surface area contributed by atoms with Gasteiger partial charge < -0.3 is 23.9 Å². The maximum Gasteiger partial charge on any atom is 0.407 e. The molecule has 0 saturated carbocycles. The van der Waals surface area contributed by atoms with Crippen LogP contribution in [0.15, 0.2) is 71.5 Å².